The van der Waals surface area contributed by atoms with E-state index in [1.807, 2.05) is 83.6 Å². The lowest BCUT2D eigenvalue weighted by molar-refractivity contribution is 0.402. The highest BCUT2D eigenvalue weighted by Crippen LogP contribution is 2.27. The van der Waals surface area contributed by atoms with Crippen molar-refractivity contribution in [3.63, 3.8) is 0 Å². The molecule has 4 aromatic rings. The molecule has 0 aliphatic heterocycles. The van der Waals surface area contributed by atoms with Crippen LogP contribution in [0.4, 0.5) is 0 Å². The third-order valence-electron chi connectivity index (χ3n) is 4.65. The number of hydrogen-bond acceptors (Lipinski definition) is 5. The van der Waals surface area contributed by atoms with Crippen LogP contribution >= 0.6 is 11.8 Å². The molecule has 0 aliphatic carbocycles. The summed E-state index contributed by atoms with van der Waals surface area (Å²) in [5.41, 5.74) is 3.12. The van der Waals surface area contributed by atoms with Gasteiger partial charge in [0.25, 0.3) is 0 Å². The van der Waals surface area contributed by atoms with E-state index in [9.17, 15) is 0 Å². The molecule has 156 valence electrons. The van der Waals surface area contributed by atoms with Crippen molar-refractivity contribution in [3.8, 4) is 17.2 Å². The van der Waals surface area contributed by atoms with Crippen molar-refractivity contribution in [2.45, 2.75) is 10.9 Å². The van der Waals surface area contributed by atoms with Gasteiger partial charge in [0, 0.05) is 11.3 Å². The zero-order chi connectivity index (χ0) is 21.5. The van der Waals surface area contributed by atoms with Crippen molar-refractivity contribution in [1.29, 1.82) is 0 Å². The van der Waals surface area contributed by atoms with E-state index in [0.29, 0.717) is 5.82 Å². The number of aromatic nitrogens is 3. The molecule has 0 spiro atoms. The van der Waals surface area contributed by atoms with Crippen LogP contribution in [0.1, 0.15) is 17.0 Å². The Bertz CT molecular complexity index is 1160. The van der Waals surface area contributed by atoms with Gasteiger partial charge in [-0.25, -0.2) is 9.67 Å². The van der Waals surface area contributed by atoms with Crippen LogP contribution in [0.3, 0.4) is 0 Å². The van der Waals surface area contributed by atoms with Gasteiger partial charge in [0.15, 0.2) is 11.0 Å². The summed E-state index contributed by atoms with van der Waals surface area (Å²) in [6.45, 7) is 0. The van der Waals surface area contributed by atoms with Crippen molar-refractivity contribution < 1.29 is 9.47 Å². The van der Waals surface area contributed by atoms with E-state index in [0.717, 1.165) is 33.7 Å². The molecule has 0 unspecified atom stereocenters. The largest absolute Gasteiger partial charge is 0.497 e. The van der Waals surface area contributed by atoms with Gasteiger partial charge in [0.2, 0.25) is 0 Å². The Morgan fingerprint density at radius 2 is 1.61 bits per heavy atom. The topological polar surface area (TPSA) is 49.2 Å². The normalized spacial score (nSPS) is 11.0. The van der Waals surface area contributed by atoms with Gasteiger partial charge in [0.05, 0.1) is 19.9 Å². The second-order valence-electron chi connectivity index (χ2n) is 6.72. The van der Waals surface area contributed by atoms with E-state index >= 15 is 0 Å². The average Bonchev–Trinajstić information content (AvgIpc) is 3.25. The van der Waals surface area contributed by atoms with E-state index in [2.05, 4.69) is 12.1 Å². The highest BCUT2D eigenvalue weighted by atomic mass is 32.2. The molecule has 0 amide bonds. The molecule has 1 heterocycles. The number of thioether (sulfide) groups is 1. The lowest BCUT2D eigenvalue weighted by Crippen LogP contribution is -1.98. The summed E-state index contributed by atoms with van der Waals surface area (Å²) in [5.74, 6) is 2.98. The summed E-state index contributed by atoms with van der Waals surface area (Å²) in [6, 6.07) is 26.1. The standard InChI is InChI=1S/C25H23N3O2S/c1-29-22-14-15-23(30-2)20(17-22)13-16-24-26-25(31-18-19-9-5-3-6-10-19)28(27-24)21-11-7-4-8-12-21/h3-17H,18H2,1-2H3/b16-13+. The van der Waals surface area contributed by atoms with Gasteiger partial charge in [-0.3, -0.25) is 0 Å². The quantitative estimate of drug-likeness (QED) is 0.334. The van der Waals surface area contributed by atoms with Gasteiger partial charge in [-0.05, 0) is 48.0 Å². The Hall–Kier alpha value is -3.51. The third-order valence-corrected chi connectivity index (χ3v) is 5.65. The van der Waals surface area contributed by atoms with Gasteiger partial charge in [-0.15, -0.1) is 5.10 Å². The summed E-state index contributed by atoms with van der Waals surface area (Å²) in [6.07, 6.45) is 3.83. The molecule has 6 heteroatoms. The van der Waals surface area contributed by atoms with Gasteiger partial charge < -0.3 is 9.47 Å². The Morgan fingerprint density at radius 1 is 0.871 bits per heavy atom. The smallest absolute Gasteiger partial charge is 0.191 e. The maximum absolute atomic E-state index is 5.46. The number of benzene rings is 3. The van der Waals surface area contributed by atoms with Crippen molar-refractivity contribution >= 4 is 23.9 Å². The molecule has 3 aromatic carbocycles. The summed E-state index contributed by atoms with van der Waals surface area (Å²) < 4.78 is 12.7. The molecule has 0 saturated heterocycles. The maximum atomic E-state index is 5.46. The molecular formula is C25H23N3O2S. The van der Waals surface area contributed by atoms with Crippen LogP contribution < -0.4 is 9.47 Å². The highest BCUT2D eigenvalue weighted by Gasteiger charge is 2.11. The number of nitrogens with zero attached hydrogens (tertiary/aromatic N) is 3. The molecule has 4 rings (SSSR count). The van der Waals surface area contributed by atoms with Gasteiger partial charge >= 0.3 is 0 Å². The summed E-state index contributed by atoms with van der Waals surface area (Å²) in [7, 11) is 3.30. The fourth-order valence-corrected chi connectivity index (χ4v) is 3.99. The molecule has 31 heavy (non-hydrogen) atoms. The minimum absolute atomic E-state index is 0.629. The molecule has 0 bridgehead atoms. The Balaban J connectivity index is 1.64. The van der Waals surface area contributed by atoms with Crippen LogP contribution in [0.25, 0.3) is 17.8 Å². The number of ether oxygens (including phenoxy) is 2. The molecule has 0 radical (unpaired) electrons. The number of rotatable bonds is 8. The van der Waals surface area contributed by atoms with Crippen LogP contribution in [-0.2, 0) is 5.75 Å². The predicted molar refractivity (Wildman–Crippen MR) is 126 cm³/mol. The lowest BCUT2D eigenvalue weighted by atomic mass is 10.1. The van der Waals surface area contributed by atoms with Crippen LogP contribution in [0.15, 0.2) is 84.0 Å². The molecule has 0 atom stereocenters. The zero-order valence-electron chi connectivity index (χ0n) is 17.4. The maximum Gasteiger partial charge on any atom is 0.191 e. The van der Waals surface area contributed by atoms with Gasteiger partial charge in [-0.1, -0.05) is 60.3 Å². The summed E-state index contributed by atoms with van der Waals surface area (Å²) >= 11 is 1.66. The molecule has 0 fully saturated rings. The van der Waals surface area contributed by atoms with E-state index in [4.69, 9.17) is 19.6 Å². The number of hydrogen-bond donors (Lipinski definition) is 0. The predicted octanol–water partition coefficient (Wildman–Crippen LogP) is 5.75. The second-order valence-corrected chi connectivity index (χ2v) is 7.66. The third kappa shape index (κ3) is 5.16. The first-order chi connectivity index (χ1) is 15.3. The second kappa shape index (κ2) is 10.00. The van der Waals surface area contributed by atoms with E-state index in [1.165, 1.54) is 5.56 Å². The molecule has 1 aromatic heterocycles. The monoisotopic (exact) mass is 429 g/mol. The fraction of sp³-hybridized carbons (Fsp3) is 0.120. The van der Waals surface area contributed by atoms with Crippen LogP contribution in [0, 0.1) is 0 Å². The van der Waals surface area contributed by atoms with Crippen molar-refractivity contribution in [2.75, 3.05) is 14.2 Å². The highest BCUT2D eigenvalue weighted by molar-refractivity contribution is 7.98. The first kappa shape index (κ1) is 20.8. The Morgan fingerprint density at radius 3 is 2.32 bits per heavy atom. The van der Waals surface area contributed by atoms with E-state index < -0.39 is 0 Å². The minimum atomic E-state index is 0.629. The first-order valence-electron chi connectivity index (χ1n) is 9.86. The van der Waals surface area contributed by atoms with Crippen LogP contribution in [0.5, 0.6) is 11.5 Å². The number of methoxy groups -OCH3 is 2. The SMILES string of the molecule is COc1ccc(OC)c(/C=C/c2nc(SCc3ccccc3)n(-c3ccccc3)n2)c1. The molecule has 0 aliphatic rings. The summed E-state index contributed by atoms with van der Waals surface area (Å²) in [5, 5.41) is 5.57. The van der Waals surface area contributed by atoms with Crippen molar-refractivity contribution in [2.24, 2.45) is 0 Å². The number of para-hydroxylation sites is 1. The Labute approximate surface area is 186 Å². The average molecular weight is 430 g/mol. The molecule has 0 N–H and O–H groups in total. The first-order valence-corrected chi connectivity index (χ1v) is 10.8. The lowest BCUT2D eigenvalue weighted by Gasteiger charge is -2.06. The molecule has 5 nitrogen and oxygen atoms in total. The van der Waals surface area contributed by atoms with E-state index in [1.54, 1.807) is 26.0 Å². The fourth-order valence-electron chi connectivity index (χ4n) is 3.07. The van der Waals surface area contributed by atoms with Crippen LogP contribution in [-0.4, -0.2) is 29.0 Å². The zero-order valence-corrected chi connectivity index (χ0v) is 18.3. The van der Waals surface area contributed by atoms with Crippen LogP contribution in [0.2, 0.25) is 0 Å². The molecular weight excluding hydrogens is 406 g/mol. The van der Waals surface area contributed by atoms with Crippen molar-refractivity contribution in [3.05, 3.63) is 95.8 Å². The van der Waals surface area contributed by atoms with Gasteiger partial charge in [0.1, 0.15) is 11.5 Å². The summed E-state index contributed by atoms with van der Waals surface area (Å²) in [4.78, 5) is 4.77. The van der Waals surface area contributed by atoms with Crippen molar-refractivity contribution in [1.82, 2.24) is 14.8 Å². The van der Waals surface area contributed by atoms with E-state index in [-0.39, 0.29) is 0 Å². The molecule has 0 saturated carbocycles. The minimum Gasteiger partial charge on any atom is -0.497 e. The Kier molecular flexibility index (Phi) is 6.69. The van der Waals surface area contributed by atoms with Gasteiger partial charge in [-0.2, -0.15) is 0 Å².